The summed E-state index contributed by atoms with van der Waals surface area (Å²) < 4.78 is 0. The number of aryl methyl sites for hydroxylation is 1. The minimum atomic E-state index is -1.02. The molecule has 1 saturated heterocycles. The number of pyridine rings is 1. The van der Waals surface area contributed by atoms with E-state index in [2.05, 4.69) is 14.8 Å². The molecule has 8 heteroatoms. The van der Waals surface area contributed by atoms with Crippen molar-refractivity contribution >= 4 is 34.3 Å². The maximum Gasteiger partial charge on any atom is 0.335 e. The van der Waals surface area contributed by atoms with Crippen molar-refractivity contribution in [3.63, 3.8) is 0 Å². The lowest BCUT2D eigenvalue weighted by atomic mass is 9.97. The highest BCUT2D eigenvalue weighted by molar-refractivity contribution is 6.45. The van der Waals surface area contributed by atoms with Crippen molar-refractivity contribution in [3.05, 3.63) is 106 Å². The maximum absolute atomic E-state index is 13.4. The molecule has 1 aliphatic rings. The van der Waals surface area contributed by atoms with Gasteiger partial charge in [-0.3, -0.25) is 14.6 Å². The molecule has 8 nitrogen and oxygen atoms in total. The second kappa shape index (κ2) is 10.1. The van der Waals surface area contributed by atoms with Crippen LogP contribution in [0.5, 0.6) is 0 Å². The number of hydrogen-bond acceptors (Lipinski definition) is 4. The number of rotatable bonds is 5. The average Bonchev–Trinajstić information content (AvgIpc) is 3.40. The molecule has 0 bridgehead atoms. The summed E-state index contributed by atoms with van der Waals surface area (Å²) in [5.41, 5.74) is 5.53. The summed E-state index contributed by atoms with van der Waals surface area (Å²) in [4.78, 5) is 50.7. The molecule has 4 aromatic rings. The van der Waals surface area contributed by atoms with Gasteiger partial charge in [-0.25, -0.2) is 9.64 Å². The number of benzene rings is 2. The molecule has 0 aliphatic carbocycles. The van der Waals surface area contributed by atoms with E-state index >= 15 is 0 Å². The number of piperidine rings is 1. The highest BCUT2D eigenvalue weighted by Gasteiger charge is 2.29. The van der Waals surface area contributed by atoms with Gasteiger partial charge in [-0.15, -0.1) is 0 Å². The molecule has 2 aromatic carbocycles. The number of carbonyl (C=O) groups excluding carboxylic acids is 2. The smallest absolute Gasteiger partial charge is 0.335 e. The van der Waals surface area contributed by atoms with Crippen molar-refractivity contribution in [2.24, 2.45) is 0 Å². The predicted molar refractivity (Wildman–Crippen MR) is 143 cm³/mol. The average molecular weight is 505 g/mol. The number of H-pyrrole nitrogens is 1. The van der Waals surface area contributed by atoms with Crippen LogP contribution in [0.4, 0.5) is 0 Å². The zero-order chi connectivity index (χ0) is 26.8. The number of Topliss-reactive ketones (excluding diaryl/α,β-unsaturated/α-hetero) is 1. The lowest BCUT2D eigenvalue weighted by Gasteiger charge is -2.28. The number of ketones is 1. The number of aromatic nitrogens is 2. The zero-order valence-corrected chi connectivity index (χ0v) is 20.7. The first kappa shape index (κ1) is 24.7. The van der Waals surface area contributed by atoms with Gasteiger partial charge in [-0.05, 0) is 43.0 Å². The summed E-state index contributed by atoms with van der Waals surface area (Å²) in [7, 11) is 0. The van der Waals surface area contributed by atoms with Crippen LogP contribution < -0.4 is 0 Å². The van der Waals surface area contributed by atoms with E-state index in [-0.39, 0.29) is 11.1 Å². The number of amides is 1. The van der Waals surface area contributed by atoms with Gasteiger partial charge in [0, 0.05) is 36.4 Å². The third-order valence-corrected chi connectivity index (χ3v) is 6.89. The Hall–Kier alpha value is -5.03. The SMILES string of the molecule is [C-]#[N+]C(=C1CCN(C(=O)C(=O)c2c[nH]c3c(-c4ccc(C(=O)O)cc4)ncc(C)c23)CC1)c1ccccc1. The molecule has 1 amide bonds. The Morgan fingerprint density at radius 2 is 1.68 bits per heavy atom. The summed E-state index contributed by atoms with van der Waals surface area (Å²) in [6.07, 6.45) is 4.26. The van der Waals surface area contributed by atoms with E-state index < -0.39 is 17.7 Å². The first-order chi connectivity index (χ1) is 18.4. The van der Waals surface area contributed by atoms with Crippen molar-refractivity contribution in [2.45, 2.75) is 19.8 Å². The van der Waals surface area contributed by atoms with Crippen molar-refractivity contribution in [3.8, 4) is 11.3 Å². The van der Waals surface area contributed by atoms with Crippen LogP contribution in [-0.2, 0) is 4.79 Å². The van der Waals surface area contributed by atoms with E-state index in [1.54, 1.807) is 23.2 Å². The minimum Gasteiger partial charge on any atom is -0.478 e. The predicted octanol–water partition coefficient (Wildman–Crippen LogP) is 5.37. The second-order valence-electron chi connectivity index (χ2n) is 9.18. The molecule has 1 fully saturated rings. The topological polar surface area (TPSA) is 108 Å². The fraction of sp³-hybridized carbons (Fsp3) is 0.167. The quantitative estimate of drug-likeness (QED) is 0.216. The highest BCUT2D eigenvalue weighted by atomic mass is 16.4. The van der Waals surface area contributed by atoms with Gasteiger partial charge in [0.1, 0.15) is 0 Å². The zero-order valence-electron chi connectivity index (χ0n) is 20.7. The Balaban J connectivity index is 1.39. The number of carboxylic acids is 1. The van der Waals surface area contributed by atoms with Gasteiger partial charge in [0.15, 0.2) is 5.70 Å². The normalized spacial score (nSPS) is 13.3. The van der Waals surface area contributed by atoms with Crippen molar-refractivity contribution in [1.82, 2.24) is 14.9 Å². The van der Waals surface area contributed by atoms with E-state index in [0.717, 1.165) is 16.7 Å². The number of aromatic amines is 1. The Morgan fingerprint density at radius 1 is 1.00 bits per heavy atom. The fourth-order valence-electron chi connectivity index (χ4n) is 4.90. The Kier molecular flexibility index (Phi) is 6.58. The molecule has 38 heavy (non-hydrogen) atoms. The summed E-state index contributed by atoms with van der Waals surface area (Å²) in [5, 5.41) is 9.79. The van der Waals surface area contributed by atoms with E-state index in [9.17, 15) is 19.5 Å². The van der Waals surface area contributed by atoms with E-state index in [0.29, 0.717) is 53.8 Å². The molecule has 0 atom stereocenters. The van der Waals surface area contributed by atoms with Gasteiger partial charge in [0.2, 0.25) is 0 Å². The van der Waals surface area contributed by atoms with Crippen LogP contribution >= 0.6 is 0 Å². The number of nitrogens with zero attached hydrogens (tertiary/aromatic N) is 3. The number of fused-ring (bicyclic) bond motifs is 1. The lowest BCUT2D eigenvalue weighted by molar-refractivity contribution is -0.126. The first-order valence-corrected chi connectivity index (χ1v) is 12.2. The molecule has 0 saturated carbocycles. The van der Waals surface area contributed by atoms with Crippen LogP contribution in [0.25, 0.3) is 32.7 Å². The third kappa shape index (κ3) is 4.46. The Bertz CT molecular complexity index is 1630. The fourth-order valence-corrected chi connectivity index (χ4v) is 4.90. The maximum atomic E-state index is 13.4. The number of carbonyl (C=O) groups is 3. The molecule has 1 aliphatic heterocycles. The number of carboxylic acid groups (broad SMARTS) is 1. The van der Waals surface area contributed by atoms with Crippen molar-refractivity contribution in [1.29, 1.82) is 0 Å². The van der Waals surface area contributed by atoms with Gasteiger partial charge in [-0.1, -0.05) is 48.0 Å². The molecule has 0 radical (unpaired) electrons. The standard InChI is InChI=1S/C30H24N4O4/c1-18-16-32-26(20-8-10-22(11-9-20)30(37)38)27-24(18)23(17-33-27)28(35)29(36)34-14-12-21(13-15-34)25(31-2)19-6-4-3-5-7-19/h3-11,16-17,33H,12-15H2,1H3,(H,37,38). The highest BCUT2D eigenvalue weighted by Crippen LogP contribution is 2.32. The van der Waals surface area contributed by atoms with Crippen molar-refractivity contribution in [2.75, 3.05) is 13.1 Å². The van der Waals surface area contributed by atoms with E-state index in [1.165, 1.54) is 18.3 Å². The number of aromatic carboxylic acids is 1. The summed E-state index contributed by atoms with van der Waals surface area (Å²) >= 11 is 0. The summed E-state index contributed by atoms with van der Waals surface area (Å²) in [6.45, 7) is 10.2. The molecule has 5 rings (SSSR count). The Labute approximate surface area is 219 Å². The molecule has 3 heterocycles. The largest absolute Gasteiger partial charge is 0.478 e. The van der Waals surface area contributed by atoms with E-state index in [4.69, 9.17) is 6.57 Å². The lowest BCUT2D eigenvalue weighted by Crippen LogP contribution is -2.40. The third-order valence-electron chi connectivity index (χ3n) is 6.89. The van der Waals surface area contributed by atoms with Crippen LogP contribution in [0.3, 0.4) is 0 Å². The number of hydrogen-bond donors (Lipinski definition) is 2. The van der Waals surface area contributed by atoms with Gasteiger partial charge in [0.25, 0.3) is 11.7 Å². The summed E-state index contributed by atoms with van der Waals surface area (Å²) in [6, 6.07) is 15.8. The monoisotopic (exact) mass is 504 g/mol. The van der Waals surface area contributed by atoms with E-state index in [1.807, 2.05) is 37.3 Å². The molecule has 0 unspecified atom stereocenters. The molecule has 188 valence electrons. The summed E-state index contributed by atoms with van der Waals surface area (Å²) in [5.74, 6) is -2.19. The van der Waals surface area contributed by atoms with Crippen molar-refractivity contribution < 1.29 is 19.5 Å². The van der Waals surface area contributed by atoms with Crippen LogP contribution in [0.15, 0.2) is 72.6 Å². The molecular weight excluding hydrogens is 480 g/mol. The Morgan fingerprint density at radius 3 is 2.32 bits per heavy atom. The molecule has 0 spiro atoms. The first-order valence-electron chi connectivity index (χ1n) is 12.2. The van der Waals surface area contributed by atoms with Gasteiger partial charge >= 0.3 is 5.97 Å². The van der Waals surface area contributed by atoms with Gasteiger partial charge < -0.3 is 15.0 Å². The van der Waals surface area contributed by atoms with Gasteiger partial charge in [0.05, 0.1) is 28.9 Å². The van der Waals surface area contributed by atoms with Crippen LogP contribution in [-0.4, -0.2) is 50.7 Å². The van der Waals surface area contributed by atoms with Crippen LogP contribution in [0.1, 0.15) is 44.7 Å². The molecule has 2 aromatic heterocycles. The second-order valence-corrected chi connectivity index (χ2v) is 9.18. The van der Waals surface area contributed by atoms with Crippen LogP contribution in [0.2, 0.25) is 0 Å². The minimum absolute atomic E-state index is 0.164. The van der Waals surface area contributed by atoms with Crippen LogP contribution in [0, 0.1) is 13.5 Å². The van der Waals surface area contributed by atoms with Gasteiger partial charge in [-0.2, -0.15) is 0 Å². The molecule has 2 N–H and O–H groups in total. The number of likely N-dealkylation sites (tertiary alicyclic amines) is 1. The number of nitrogens with one attached hydrogen (secondary N) is 1. The molecular formula is C30H24N4O4.